The third-order valence-electron chi connectivity index (χ3n) is 1.65. The van der Waals surface area contributed by atoms with Crippen LogP contribution in [-0.2, 0) is 0 Å². The van der Waals surface area contributed by atoms with Crippen LogP contribution in [0.3, 0.4) is 0 Å². The molecule has 0 fully saturated rings. The Bertz CT molecular complexity index is 235. The Kier molecular flexibility index (Phi) is 3.06. The van der Waals surface area contributed by atoms with Crippen LogP contribution in [0.25, 0.3) is 0 Å². The van der Waals surface area contributed by atoms with Crippen LogP contribution < -0.4 is 0 Å². The Morgan fingerprint density at radius 2 is 2.27 bits per heavy atom. The first-order valence-electron chi connectivity index (χ1n) is 3.73. The van der Waals surface area contributed by atoms with E-state index in [2.05, 4.69) is 40.0 Å². The number of hydrogen-bond acceptors (Lipinski definition) is 1. The third-order valence-corrected chi connectivity index (χ3v) is 2.62. The van der Waals surface area contributed by atoms with Gasteiger partial charge in [0.15, 0.2) is 0 Å². The fourth-order valence-corrected chi connectivity index (χ4v) is 1.25. The van der Waals surface area contributed by atoms with Gasteiger partial charge in [-0.3, -0.25) is 4.98 Å². The van der Waals surface area contributed by atoms with Gasteiger partial charge in [0.25, 0.3) is 0 Å². The molecule has 0 saturated carbocycles. The van der Waals surface area contributed by atoms with Gasteiger partial charge in [-0.15, -0.1) is 0 Å². The van der Waals surface area contributed by atoms with E-state index in [1.807, 2.05) is 13.0 Å². The summed E-state index contributed by atoms with van der Waals surface area (Å²) in [5.41, 5.74) is 2.26. The van der Waals surface area contributed by atoms with E-state index in [1.54, 1.807) is 0 Å². The van der Waals surface area contributed by atoms with Crippen molar-refractivity contribution in [1.82, 2.24) is 4.98 Å². The Labute approximate surface area is 76.0 Å². The van der Waals surface area contributed by atoms with Crippen molar-refractivity contribution in [2.24, 2.45) is 0 Å². The molecular weight excluding hydrogens is 202 g/mol. The molecule has 0 bridgehead atoms. The second kappa shape index (κ2) is 3.86. The highest BCUT2D eigenvalue weighted by Crippen LogP contribution is 2.14. The molecule has 1 aromatic heterocycles. The molecule has 1 rings (SSSR count). The highest BCUT2D eigenvalue weighted by molar-refractivity contribution is 9.09. The zero-order valence-electron chi connectivity index (χ0n) is 6.84. The largest absolute Gasteiger partial charge is 0.258 e. The Balaban J connectivity index is 2.86. The number of aromatic nitrogens is 1. The van der Waals surface area contributed by atoms with E-state index in [0.29, 0.717) is 5.92 Å². The van der Waals surface area contributed by atoms with Gasteiger partial charge in [0.1, 0.15) is 0 Å². The van der Waals surface area contributed by atoms with Gasteiger partial charge in [-0.1, -0.05) is 28.9 Å². The number of hydrogen-bond donors (Lipinski definition) is 0. The molecule has 0 saturated heterocycles. The van der Waals surface area contributed by atoms with E-state index in [1.165, 1.54) is 5.69 Å². The standard InChI is InChI=1S/C9H12BrN/c1-7(6-10)9-5-3-4-8(2)11-9/h3-5,7H,6H2,1-2H3. The fraction of sp³-hybridized carbons (Fsp3) is 0.444. The predicted octanol–water partition coefficient (Wildman–Crippen LogP) is 2.89. The summed E-state index contributed by atoms with van der Waals surface area (Å²) in [5, 5.41) is 0.976. The normalized spacial score (nSPS) is 13.0. The maximum absolute atomic E-state index is 4.41. The van der Waals surface area contributed by atoms with Crippen LogP contribution in [0, 0.1) is 6.92 Å². The topological polar surface area (TPSA) is 12.9 Å². The second-order valence-electron chi connectivity index (χ2n) is 2.76. The van der Waals surface area contributed by atoms with Gasteiger partial charge in [-0.25, -0.2) is 0 Å². The molecule has 2 heteroatoms. The second-order valence-corrected chi connectivity index (χ2v) is 3.41. The molecule has 0 spiro atoms. The van der Waals surface area contributed by atoms with Gasteiger partial charge in [-0.2, -0.15) is 0 Å². The number of nitrogens with zero attached hydrogens (tertiary/aromatic N) is 1. The lowest BCUT2D eigenvalue weighted by molar-refractivity contribution is 0.833. The van der Waals surface area contributed by atoms with Crippen molar-refractivity contribution < 1.29 is 0 Å². The molecule has 1 aromatic rings. The van der Waals surface area contributed by atoms with Gasteiger partial charge in [-0.05, 0) is 19.1 Å². The quantitative estimate of drug-likeness (QED) is 0.689. The molecule has 0 aliphatic heterocycles. The molecule has 0 aliphatic rings. The highest BCUT2D eigenvalue weighted by Gasteiger charge is 2.03. The van der Waals surface area contributed by atoms with Crippen molar-refractivity contribution in [1.29, 1.82) is 0 Å². The van der Waals surface area contributed by atoms with Gasteiger partial charge in [0.2, 0.25) is 0 Å². The summed E-state index contributed by atoms with van der Waals surface area (Å²) < 4.78 is 0. The Morgan fingerprint density at radius 3 is 2.82 bits per heavy atom. The lowest BCUT2D eigenvalue weighted by Crippen LogP contribution is -1.98. The zero-order chi connectivity index (χ0) is 8.27. The highest BCUT2D eigenvalue weighted by atomic mass is 79.9. The van der Waals surface area contributed by atoms with Crippen LogP contribution in [0.1, 0.15) is 24.2 Å². The number of aryl methyl sites for hydroxylation is 1. The molecule has 0 aliphatic carbocycles. The van der Waals surface area contributed by atoms with Gasteiger partial charge in [0, 0.05) is 22.6 Å². The van der Waals surface area contributed by atoms with E-state index in [-0.39, 0.29) is 0 Å². The summed E-state index contributed by atoms with van der Waals surface area (Å²) in [7, 11) is 0. The number of halogens is 1. The van der Waals surface area contributed by atoms with Crippen molar-refractivity contribution in [3.8, 4) is 0 Å². The summed E-state index contributed by atoms with van der Waals surface area (Å²) in [6.45, 7) is 4.18. The molecule has 1 nitrogen and oxygen atoms in total. The molecule has 11 heavy (non-hydrogen) atoms. The average molecular weight is 214 g/mol. The smallest absolute Gasteiger partial charge is 0.0443 e. The molecule has 0 aromatic carbocycles. The summed E-state index contributed by atoms with van der Waals surface area (Å²) in [6.07, 6.45) is 0. The molecular formula is C9H12BrN. The van der Waals surface area contributed by atoms with Crippen molar-refractivity contribution >= 4 is 15.9 Å². The minimum absolute atomic E-state index is 0.509. The third kappa shape index (κ3) is 2.29. The maximum Gasteiger partial charge on any atom is 0.0443 e. The van der Waals surface area contributed by atoms with E-state index < -0.39 is 0 Å². The average Bonchev–Trinajstić information content (AvgIpc) is 2.03. The fourth-order valence-electron chi connectivity index (χ4n) is 0.918. The Morgan fingerprint density at radius 1 is 1.55 bits per heavy atom. The first-order valence-corrected chi connectivity index (χ1v) is 4.85. The summed E-state index contributed by atoms with van der Waals surface area (Å²) in [4.78, 5) is 4.41. The Hall–Kier alpha value is -0.370. The summed E-state index contributed by atoms with van der Waals surface area (Å²) in [5.74, 6) is 0.509. The monoisotopic (exact) mass is 213 g/mol. The van der Waals surface area contributed by atoms with Gasteiger partial charge < -0.3 is 0 Å². The van der Waals surface area contributed by atoms with Crippen molar-refractivity contribution in [2.75, 3.05) is 5.33 Å². The maximum atomic E-state index is 4.41. The van der Waals surface area contributed by atoms with Gasteiger partial charge >= 0.3 is 0 Å². The molecule has 1 atom stereocenters. The first-order chi connectivity index (χ1) is 5.24. The van der Waals surface area contributed by atoms with Crippen LogP contribution >= 0.6 is 15.9 Å². The van der Waals surface area contributed by atoms with Crippen molar-refractivity contribution in [3.63, 3.8) is 0 Å². The van der Waals surface area contributed by atoms with Crippen molar-refractivity contribution in [2.45, 2.75) is 19.8 Å². The number of rotatable bonds is 2. The summed E-state index contributed by atoms with van der Waals surface area (Å²) in [6, 6.07) is 6.14. The van der Waals surface area contributed by atoms with Crippen LogP contribution in [0.5, 0.6) is 0 Å². The minimum Gasteiger partial charge on any atom is -0.258 e. The SMILES string of the molecule is Cc1cccc(C(C)CBr)n1. The van der Waals surface area contributed by atoms with Crippen LogP contribution in [0.15, 0.2) is 18.2 Å². The lowest BCUT2D eigenvalue weighted by Gasteiger charge is -2.06. The van der Waals surface area contributed by atoms with E-state index >= 15 is 0 Å². The molecule has 60 valence electrons. The van der Waals surface area contributed by atoms with Crippen LogP contribution in [0.4, 0.5) is 0 Å². The minimum atomic E-state index is 0.509. The molecule has 0 amide bonds. The zero-order valence-corrected chi connectivity index (χ0v) is 8.43. The van der Waals surface area contributed by atoms with Crippen LogP contribution in [0.2, 0.25) is 0 Å². The first kappa shape index (κ1) is 8.72. The van der Waals surface area contributed by atoms with Crippen LogP contribution in [-0.4, -0.2) is 10.3 Å². The van der Waals surface area contributed by atoms with Crippen molar-refractivity contribution in [3.05, 3.63) is 29.6 Å². The molecule has 0 radical (unpaired) electrons. The lowest BCUT2D eigenvalue weighted by atomic mass is 10.1. The predicted molar refractivity (Wildman–Crippen MR) is 51.2 cm³/mol. The number of pyridine rings is 1. The van der Waals surface area contributed by atoms with E-state index in [4.69, 9.17) is 0 Å². The molecule has 0 N–H and O–H groups in total. The molecule has 1 heterocycles. The molecule has 1 unspecified atom stereocenters. The summed E-state index contributed by atoms with van der Waals surface area (Å²) >= 11 is 3.44. The van der Waals surface area contributed by atoms with E-state index in [9.17, 15) is 0 Å². The van der Waals surface area contributed by atoms with E-state index in [0.717, 1.165) is 11.0 Å². The van der Waals surface area contributed by atoms with Gasteiger partial charge in [0.05, 0.1) is 0 Å². The number of alkyl halides is 1.